The average molecular weight is 454 g/mol. The molecule has 5 aromatic rings. The van der Waals surface area contributed by atoms with Crippen LogP contribution in [0.15, 0.2) is 83.3 Å². The number of para-hydroxylation sites is 1. The van der Waals surface area contributed by atoms with Crippen LogP contribution in [-0.4, -0.2) is 20.7 Å². The highest BCUT2D eigenvalue weighted by Crippen LogP contribution is 2.33. The number of aromatic nitrogens is 1. The molecule has 0 saturated carbocycles. The summed E-state index contributed by atoms with van der Waals surface area (Å²) in [6, 6.07) is 21.0. The van der Waals surface area contributed by atoms with E-state index in [1.165, 1.54) is 0 Å². The minimum absolute atomic E-state index is 0.223. The fraction of sp³-hybridized carbons (Fsp3) is 0. The number of nitrogens with zero attached hydrogens (tertiary/aromatic N) is 3. The highest BCUT2D eigenvalue weighted by molar-refractivity contribution is 6.07. The number of nitro groups is 2. The molecule has 34 heavy (non-hydrogen) atoms. The van der Waals surface area contributed by atoms with Crippen molar-refractivity contribution < 1.29 is 19.1 Å². The van der Waals surface area contributed by atoms with Gasteiger partial charge in [0.25, 0.3) is 17.3 Å². The van der Waals surface area contributed by atoms with Gasteiger partial charge < -0.3 is 9.73 Å². The first-order valence-corrected chi connectivity index (χ1v) is 10.0. The number of amides is 1. The van der Waals surface area contributed by atoms with Crippen LogP contribution in [0, 0.1) is 20.2 Å². The molecule has 0 fully saturated rings. The number of fused-ring (bicyclic) bond motifs is 3. The standard InChI is InChI=1S/C24H14N4O6/c29-23(15-11-16(27(30)31)13-17(12-15)28(32)33)25-20-8-4-3-7-19(20)24-26-22-18-6-2-1-5-14(18)9-10-21(22)34-24/h1-13H,(H,25,29). The Morgan fingerprint density at radius 3 is 2.26 bits per heavy atom. The Hall–Kier alpha value is -5.12. The molecule has 4 aromatic carbocycles. The number of hydrogen-bond donors (Lipinski definition) is 1. The van der Waals surface area contributed by atoms with Crippen molar-refractivity contribution in [2.75, 3.05) is 5.32 Å². The van der Waals surface area contributed by atoms with Crippen LogP contribution in [0.25, 0.3) is 33.3 Å². The lowest BCUT2D eigenvalue weighted by Crippen LogP contribution is -2.13. The zero-order valence-corrected chi connectivity index (χ0v) is 17.3. The fourth-order valence-corrected chi connectivity index (χ4v) is 3.69. The van der Waals surface area contributed by atoms with Crippen LogP contribution in [0.4, 0.5) is 17.1 Å². The van der Waals surface area contributed by atoms with Gasteiger partial charge in [0, 0.05) is 17.5 Å². The molecule has 0 unspecified atom stereocenters. The van der Waals surface area contributed by atoms with Gasteiger partial charge in [0.15, 0.2) is 5.58 Å². The maximum absolute atomic E-state index is 12.9. The van der Waals surface area contributed by atoms with Gasteiger partial charge in [-0.1, -0.05) is 42.5 Å². The van der Waals surface area contributed by atoms with Crippen LogP contribution in [-0.2, 0) is 0 Å². The lowest BCUT2D eigenvalue weighted by molar-refractivity contribution is -0.394. The molecule has 1 aromatic heterocycles. The van der Waals surface area contributed by atoms with Gasteiger partial charge in [0.1, 0.15) is 5.52 Å². The first-order valence-electron chi connectivity index (χ1n) is 10.0. The number of oxazole rings is 1. The summed E-state index contributed by atoms with van der Waals surface area (Å²) in [5, 5.41) is 26.9. The SMILES string of the molecule is O=C(Nc1ccccc1-c1nc2c(ccc3ccccc32)o1)c1cc([N+](=O)[O-])cc([N+](=O)[O-])c1. The maximum Gasteiger partial charge on any atom is 0.277 e. The number of nitrogens with one attached hydrogen (secondary N) is 1. The number of benzene rings is 4. The molecular formula is C24H14N4O6. The van der Waals surface area contributed by atoms with Crippen molar-refractivity contribution in [3.63, 3.8) is 0 Å². The van der Waals surface area contributed by atoms with E-state index in [4.69, 9.17) is 4.42 Å². The molecule has 0 bridgehead atoms. The number of rotatable bonds is 5. The van der Waals surface area contributed by atoms with Crippen molar-refractivity contribution in [1.29, 1.82) is 0 Å². The topological polar surface area (TPSA) is 141 Å². The molecule has 0 aliphatic rings. The third kappa shape index (κ3) is 3.69. The molecular weight excluding hydrogens is 440 g/mol. The van der Waals surface area contributed by atoms with Gasteiger partial charge in [-0.3, -0.25) is 25.0 Å². The Labute approximate surface area is 190 Å². The van der Waals surface area contributed by atoms with Gasteiger partial charge in [-0.2, -0.15) is 0 Å². The Bertz CT molecular complexity index is 1590. The third-order valence-corrected chi connectivity index (χ3v) is 5.28. The molecule has 1 amide bonds. The van der Waals surface area contributed by atoms with Crippen LogP contribution in [0.5, 0.6) is 0 Å². The quantitative estimate of drug-likeness (QED) is 0.264. The minimum atomic E-state index is -0.791. The molecule has 166 valence electrons. The van der Waals surface area contributed by atoms with Crippen molar-refractivity contribution in [3.8, 4) is 11.5 Å². The third-order valence-electron chi connectivity index (χ3n) is 5.28. The smallest absolute Gasteiger partial charge is 0.277 e. The Morgan fingerprint density at radius 1 is 0.853 bits per heavy atom. The van der Waals surface area contributed by atoms with Gasteiger partial charge in [-0.05, 0) is 23.6 Å². The first-order chi connectivity index (χ1) is 16.4. The summed E-state index contributed by atoms with van der Waals surface area (Å²) in [5.41, 5.74) is 0.720. The van der Waals surface area contributed by atoms with E-state index in [-0.39, 0.29) is 11.5 Å². The predicted molar refractivity (Wildman–Crippen MR) is 125 cm³/mol. The second-order valence-electron chi connectivity index (χ2n) is 7.40. The molecule has 0 aliphatic carbocycles. The molecule has 10 nitrogen and oxygen atoms in total. The van der Waals surface area contributed by atoms with Crippen LogP contribution >= 0.6 is 0 Å². The molecule has 1 heterocycles. The van der Waals surface area contributed by atoms with Crippen LogP contribution < -0.4 is 5.32 Å². The summed E-state index contributed by atoms with van der Waals surface area (Å²) >= 11 is 0. The molecule has 1 N–H and O–H groups in total. The number of hydrogen-bond acceptors (Lipinski definition) is 7. The lowest BCUT2D eigenvalue weighted by atomic mass is 10.1. The predicted octanol–water partition coefficient (Wildman–Crippen LogP) is 5.72. The van der Waals surface area contributed by atoms with E-state index < -0.39 is 27.1 Å². The number of carbonyl (C=O) groups is 1. The monoisotopic (exact) mass is 454 g/mol. The number of nitro benzene ring substituents is 2. The fourth-order valence-electron chi connectivity index (χ4n) is 3.69. The molecule has 5 rings (SSSR count). The summed E-state index contributed by atoms with van der Waals surface area (Å²) in [4.78, 5) is 38.2. The van der Waals surface area contributed by atoms with E-state index in [1.807, 2.05) is 36.4 Å². The molecule has 0 aliphatic heterocycles. The summed E-state index contributed by atoms with van der Waals surface area (Å²) in [7, 11) is 0. The van der Waals surface area contributed by atoms with Gasteiger partial charge in [0.05, 0.1) is 32.7 Å². The van der Waals surface area contributed by atoms with Crippen molar-refractivity contribution in [2.45, 2.75) is 0 Å². The number of carbonyl (C=O) groups excluding carboxylic acids is 1. The van der Waals surface area contributed by atoms with Gasteiger partial charge in [-0.25, -0.2) is 4.98 Å². The van der Waals surface area contributed by atoms with Crippen LogP contribution in [0.3, 0.4) is 0 Å². The zero-order chi connectivity index (χ0) is 23.8. The van der Waals surface area contributed by atoms with Crippen molar-refractivity contribution in [3.05, 3.63) is 105 Å². The Kier molecular flexibility index (Phi) is 4.94. The molecule has 0 saturated heterocycles. The van der Waals surface area contributed by atoms with Crippen molar-refractivity contribution in [1.82, 2.24) is 4.98 Å². The highest BCUT2D eigenvalue weighted by atomic mass is 16.6. The molecule has 10 heteroatoms. The summed E-state index contributed by atoms with van der Waals surface area (Å²) in [6.45, 7) is 0. The largest absolute Gasteiger partial charge is 0.436 e. The van der Waals surface area contributed by atoms with E-state index >= 15 is 0 Å². The zero-order valence-electron chi connectivity index (χ0n) is 17.3. The van der Waals surface area contributed by atoms with Crippen LogP contribution in [0.2, 0.25) is 0 Å². The van der Waals surface area contributed by atoms with E-state index in [9.17, 15) is 25.0 Å². The molecule has 0 atom stereocenters. The highest BCUT2D eigenvalue weighted by Gasteiger charge is 2.21. The van der Waals surface area contributed by atoms with Gasteiger partial charge in [-0.15, -0.1) is 0 Å². The molecule has 0 radical (unpaired) electrons. The van der Waals surface area contributed by atoms with E-state index in [0.717, 1.165) is 29.0 Å². The molecule has 0 spiro atoms. The summed E-state index contributed by atoms with van der Waals surface area (Å²) in [6.07, 6.45) is 0. The van der Waals surface area contributed by atoms with E-state index in [2.05, 4.69) is 10.3 Å². The average Bonchev–Trinajstić information content (AvgIpc) is 3.29. The summed E-state index contributed by atoms with van der Waals surface area (Å²) < 4.78 is 5.95. The normalized spacial score (nSPS) is 10.9. The van der Waals surface area contributed by atoms with E-state index in [0.29, 0.717) is 22.4 Å². The lowest BCUT2D eigenvalue weighted by Gasteiger charge is -2.09. The number of non-ortho nitro benzene ring substituents is 2. The van der Waals surface area contributed by atoms with Crippen LogP contribution in [0.1, 0.15) is 10.4 Å². The van der Waals surface area contributed by atoms with Crippen molar-refractivity contribution >= 4 is 44.8 Å². The van der Waals surface area contributed by atoms with E-state index in [1.54, 1.807) is 24.3 Å². The second-order valence-corrected chi connectivity index (χ2v) is 7.40. The maximum atomic E-state index is 12.9. The Balaban J connectivity index is 1.55. The number of anilines is 1. The van der Waals surface area contributed by atoms with Gasteiger partial charge >= 0.3 is 0 Å². The minimum Gasteiger partial charge on any atom is -0.436 e. The Morgan fingerprint density at radius 2 is 1.53 bits per heavy atom. The second kappa shape index (κ2) is 8.10. The summed E-state index contributed by atoms with van der Waals surface area (Å²) in [5.74, 6) is -0.479. The first kappa shape index (κ1) is 20.8. The van der Waals surface area contributed by atoms with Crippen molar-refractivity contribution in [2.24, 2.45) is 0 Å². The van der Waals surface area contributed by atoms with Gasteiger partial charge in [0.2, 0.25) is 5.89 Å².